The van der Waals surface area contributed by atoms with E-state index in [4.69, 9.17) is 26.3 Å². The maximum atomic E-state index is 14.0. The third-order valence-electron chi connectivity index (χ3n) is 7.74. The highest BCUT2D eigenvalue weighted by Crippen LogP contribution is 2.70. The van der Waals surface area contributed by atoms with Gasteiger partial charge in [0.15, 0.2) is 0 Å². The van der Waals surface area contributed by atoms with Gasteiger partial charge in [0.2, 0.25) is 5.91 Å². The molecule has 2 aliphatic carbocycles. The molecule has 30 heavy (non-hydrogen) atoms. The van der Waals surface area contributed by atoms with Crippen LogP contribution in [0.2, 0.25) is 5.02 Å². The van der Waals surface area contributed by atoms with Crippen molar-refractivity contribution in [1.29, 1.82) is 0 Å². The van der Waals surface area contributed by atoms with Gasteiger partial charge in [0.1, 0.15) is 5.75 Å². The topological polar surface area (TPSA) is 64.1 Å². The maximum Gasteiger partial charge on any atom is 0.237 e. The molecule has 0 aliphatic heterocycles. The Morgan fingerprint density at radius 3 is 2.37 bits per heavy atom. The number of halogens is 1. The number of benzene rings is 2. The third kappa shape index (κ3) is 2.21. The normalized spacial score (nSPS) is 25.9. The van der Waals surface area contributed by atoms with Crippen molar-refractivity contribution in [3.63, 3.8) is 0 Å². The van der Waals surface area contributed by atoms with Gasteiger partial charge >= 0.3 is 0 Å². The Bertz CT molecular complexity index is 1210. The van der Waals surface area contributed by atoms with Gasteiger partial charge in [0.25, 0.3) is 0 Å². The molecular formula is C24H24ClN3O2. The lowest BCUT2D eigenvalue weighted by atomic mass is 9.63. The minimum atomic E-state index is -0.776. The fourth-order valence-electron chi connectivity index (χ4n) is 5.56. The second kappa shape index (κ2) is 6.17. The monoisotopic (exact) mass is 421 g/mol. The second-order valence-electron chi connectivity index (χ2n) is 9.07. The van der Waals surface area contributed by atoms with Crippen LogP contribution in [-0.2, 0) is 15.6 Å². The highest BCUT2D eigenvalue weighted by molar-refractivity contribution is 6.31. The molecule has 0 saturated heterocycles. The summed E-state index contributed by atoms with van der Waals surface area (Å²) in [5, 5.41) is 3.65. The SMILES string of the molecule is COc1ccc(Cl)cc1NC(=O)[C@@]12CC[C@](C)(c3nc4ccccc4nc31)C2(C)C. The Kier molecular flexibility index (Phi) is 3.97. The quantitative estimate of drug-likeness (QED) is 0.626. The van der Waals surface area contributed by atoms with Crippen molar-refractivity contribution in [2.45, 2.75) is 44.4 Å². The van der Waals surface area contributed by atoms with Gasteiger partial charge in [-0.3, -0.25) is 4.79 Å². The molecule has 2 aromatic carbocycles. The minimum absolute atomic E-state index is 0.0832. The molecule has 154 valence electrons. The van der Waals surface area contributed by atoms with Gasteiger partial charge in [-0.25, -0.2) is 9.97 Å². The van der Waals surface area contributed by atoms with E-state index < -0.39 is 5.41 Å². The summed E-state index contributed by atoms with van der Waals surface area (Å²) in [4.78, 5) is 23.9. The first-order chi connectivity index (χ1) is 14.2. The largest absolute Gasteiger partial charge is 0.495 e. The molecule has 1 heterocycles. The number of ether oxygens (including phenoxy) is 1. The summed E-state index contributed by atoms with van der Waals surface area (Å²) < 4.78 is 5.44. The van der Waals surface area contributed by atoms with Crippen LogP contribution in [0.1, 0.15) is 45.0 Å². The maximum absolute atomic E-state index is 14.0. The number of anilines is 1. The van der Waals surface area contributed by atoms with Crippen LogP contribution in [0.5, 0.6) is 5.75 Å². The average molecular weight is 422 g/mol. The zero-order chi connectivity index (χ0) is 21.3. The molecule has 1 aromatic heterocycles. The van der Waals surface area contributed by atoms with Crippen molar-refractivity contribution in [3.05, 3.63) is 58.9 Å². The molecule has 1 amide bonds. The van der Waals surface area contributed by atoms with Crippen molar-refractivity contribution in [3.8, 4) is 5.75 Å². The number of carbonyl (C=O) groups is 1. The number of hydrogen-bond donors (Lipinski definition) is 1. The smallest absolute Gasteiger partial charge is 0.237 e. The number of para-hydroxylation sites is 2. The van der Waals surface area contributed by atoms with Crippen molar-refractivity contribution in [2.24, 2.45) is 5.41 Å². The molecule has 0 radical (unpaired) electrons. The van der Waals surface area contributed by atoms with E-state index in [1.807, 2.05) is 24.3 Å². The lowest BCUT2D eigenvalue weighted by Gasteiger charge is -2.39. The van der Waals surface area contributed by atoms with Crippen LogP contribution in [0.25, 0.3) is 11.0 Å². The molecular weight excluding hydrogens is 398 g/mol. The van der Waals surface area contributed by atoms with Gasteiger partial charge in [0, 0.05) is 10.4 Å². The molecule has 6 heteroatoms. The molecule has 1 fully saturated rings. The highest BCUT2D eigenvalue weighted by atomic mass is 35.5. The molecule has 1 N–H and O–H groups in total. The number of methoxy groups -OCH3 is 1. The summed E-state index contributed by atoms with van der Waals surface area (Å²) in [6.07, 6.45) is 1.62. The Morgan fingerprint density at radius 1 is 1.03 bits per heavy atom. The molecule has 3 aromatic rings. The highest BCUT2D eigenvalue weighted by Gasteiger charge is 2.73. The van der Waals surface area contributed by atoms with Crippen molar-refractivity contribution in [1.82, 2.24) is 9.97 Å². The van der Waals surface area contributed by atoms with Crippen LogP contribution in [0.15, 0.2) is 42.5 Å². The Morgan fingerprint density at radius 2 is 1.70 bits per heavy atom. The van der Waals surface area contributed by atoms with Crippen molar-refractivity contribution < 1.29 is 9.53 Å². The minimum Gasteiger partial charge on any atom is -0.495 e. The number of fused-ring (bicyclic) bond motifs is 6. The molecule has 1 saturated carbocycles. The number of rotatable bonds is 3. The first-order valence-corrected chi connectivity index (χ1v) is 10.6. The van der Waals surface area contributed by atoms with Crippen molar-refractivity contribution >= 4 is 34.2 Å². The standard InChI is InChI=1S/C24H24ClN3O2/c1-22(2)23(3)11-12-24(22,20-19(23)26-15-7-5-6-8-16(15)27-20)21(29)28-17-13-14(25)9-10-18(17)30-4/h5-10,13H,11-12H2,1-4H3,(H,28,29)/t23-,24-/m1/s1. The van der Waals surface area contributed by atoms with E-state index in [1.54, 1.807) is 25.3 Å². The number of nitrogens with one attached hydrogen (secondary N) is 1. The molecule has 0 unspecified atom stereocenters. The van der Waals surface area contributed by atoms with Gasteiger partial charge in [-0.1, -0.05) is 44.5 Å². The number of hydrogen-bond acceptors (Lipinski definition) is 4. The lowest BCUT2D eigenvalue weighted by Crippen LogP contribution is -2.48. The van der Waals surface area contributed by atoms with Crippen LogP contribution >= 0.6 is 11.6 Å². The lowest BCUT2D eigenvalue weighted by molar-refractivity contribution is -0.125. The van der Waals surface area contributed by atoms with E-state index in [2.05, 4.69) is 26.1 Å². The summed E-state index contributed by atoms with van der Waals surface area (Å²) in [5.74, 6) is 0.491. The van der Waals surface area contributed by atoms with E-state index >= 15 is 0 Å². The van der Waals surface area contributed by atoms with E-state index in [0.29, 0.717) is 16.5 Å². The van der Waals surface area contributed by atoms with Crippen LogP contribution in [0, 0.1) is 5.41 Å². The van der Waals surface area contributed by atoms with Crippen LogP contribution in [0.4, 0.5) is 5.69 Å². The van der Waals surface area contributed by atoms with Gasteiger partial charge in [0.05, 0.1) is 40.6 Å². The zero-order valence-electron chi connectivity index (χ0n) is 17.5. The predicted octanol–water partition coefficient (Wildman–Crippen LogP) is 5.26. The Balaban J connectivity index is 1.69. The summed E-state index contributed by atoms with van der Waals surface area (Å²) >= 11 is 6.19. The van der Waals surface area contributed by atoms with Crippen LogP contribution in [0.3, 0.4) is 0 Å². The zero-order valence-corrected chi connectivity index (χ0v) is 18.3. The van der Waals surface area contributed by atoms with E-state index in [-0.39, 0.29) is 16.7 Å². The van der Waals surface area contributed by atoms with Gasteiger partial charge in [-0.05, 0) is 48.6 Å². The third-order valence-corrected chi connectivity index (χ3v) is 7.98. The summed E-state index contributed by atoms with van der Waals surface area (Å²) in [6.45, 7) is 6.56. The van der Waals surface area contributed by atoms with Crippen LogP contribution < -0.4 is 10.1 Å². The van der Waals surface area contributed by atoms with E-state index in [1.165, 1.54) is 0 Å². The summed E-state index contributed by atoms with van der Waals surface area (Å²) in [6, 6.07) is 13.1. The Hall–Kier alpha value is -2.66. The molecule has 2 atom stereocenters. The van der Waals surface area contributed by atoms with Gasteiger partial charge in [-0.15, -0.1) is 0 Å². The van der Waals surface area contributed by atoms with E-state index in [9.17, 15) is 4.79 Å². The Labute approximate surface area is 180 Å². The predicted molar refractivity (Wildman–Crippen MR) is 118 cm³/mol. The molecule has 5 nitrogen and oxygen atoms in total. The first kappa shape index (κ1) is 19.3. The number of amides is 1. The van der Waals surface area contributed by atoms with Crippen LogP contribution in [-0.4, -0.2) is 23.0 Å². The molecule has 5 rings (SSSR count). The first-order valence-electron chi connectivity index (χ1n) is 10.2. The second-order valence-corrected chi connectivity index (χ2v) is 9.51. The average Bonchev–Trinajstić information content (AvgIpc) is 3.02. The fraction of sp³-hybridized carbons (Fsp3) is 0.375. The van der Waals surface area contributed by atoms with E-state index in [0.717, 1.165) is 35.3 Å². The van der Waals surface area contributed by atoms with Gasteiger partial charge < -0.3 is 10.1 Å². The summed E-state index contributed by atoms with van der Waals surface area (Å²) in [5.41, 5.74) is 2.65. The fourth-order valence-corrected chi connectivity index (χ4v) is 5.73. The summed E-state index contributed by atoms with van der Waals surface area (Å²) in [7, 11) is 1.58. The van der Waals surface area contributed by atoms with Gasteiger partial charge in [-0.2, -0.15) is 0 Å². The number of nitrogens with zero attached hydrogens (tertiary/aromatic N) is 2. The number of aromatic nitrogens is 2. The molecule has 2 bridgehead atoms. The molecule has 0 spiro atoms. The number of carbonyl (C=O) groups excluding carboxylic acids is 1. The van der Waals surface area contributed by atoms with Crippen molar-refractivity contribution in [2.75, 3.05) is 12.4 Å². The molecule has 2 aliphatic rings.